The summed E-state index contributed by atoms with van der Waals surface area (Å²) in [4.78, 5) is 176. The van der Waals surface area contributed by atoms with E-state index in [0.717, 1.165) is 10.8 Å². The number of rotatable bonds is 44. The third-order valence-electron chi connectivity index (χ3n) is 19.3. The fourth-order valence-electron chi connectivity index (χ4n) is 13.0. The number of aromatic nitrogens is 1. The molecule has 32 heteroatoms. The molecule has 1 aliphatic heterocycles. The number of nitrogens with two attached hydrogens (primary N) is 3. The summed E-state index contributed by atoms with van der Waals surface area (Å²) >= 11 is 6.26. The first-order valence-electron chi connectivity index (χ1n) is 38.4. The van der Waals surface area contributed by atoms with Crippen LogP contribution in [0.1, 0.15) is 135 Å². The Kier molecular flexibility index (Phi) is 37.0. The molecule has 6 rings (SSSR count). The second kappa shape index (κ2) is 46.0. The molecule has 1 saturated heterocycles. The number of aromatic hydroxyl groups is 1. The lowest BCUT2D eigenvalue weighted by atomic mass is 9.99. The first kappa shape index (κ1) is 89.9. The summed E-state index contributed by atoms with van der Waals surface area (Å²) in [6.45, 7) is 16.2. The van der Waals surface area contributed by atoms with Crippen LogP contribution in [-0.4, -0.2) is 220 Å². The van der Waals surface area contributed by atoms with Gasteiger partial charge in [-0.1, -0.05) is 98.2 Å². The van der Waals surface area contributed by atoms with E-state index in [4.69, 9.17) is 28.8 Å². The zero-order chi connectivity index (χ0) is 82.0. The second-order valence-corrected chi connectivity index (χ2v) is 28.7. The van der Waals surface area contributed by atoms with Crippen molar-refractivity contribution in [3.8, 4) is 5.75 Å². The highest BCUT2D eigenvalue weighted by Gasteiger charge is 2.40. The Labute approximate surface area is 660 Å². The topological polar surface area (TPSA) is 462 Å². The van der Waals surface area contributed by atoms with Crippen LogP contribution in [0, 0.1) is 5.92 Å². The first-order valence-corrected chi connectivity index (χ1v) is 38.8. The van der Waals surface area contributed by atoms with Crippen LogP contribution in [0.3, 0.4) is 0 Å². The average Bonchev–Trinajstić information content (AvgIpc) is 0.911. The van der Waals surface area contributed by atoms with Crippen LogP contribution in [0.5, 0.6) is 5.75 Å². The summed E-state index contributed by atoms with van der Waals surface area (Å²) < 4.78 is 0. The number of halogens is 1. The summed E-state index contributed by atoms with van der Waals surface area (Å²) in [7, 11) is 0. The minimum absolute atomic E-state index is 0.0341. The summed E-state index contributed by atoms with van der Waals surface area (Å²) in [5.41, 5.74) is 20.2. The normalized spacial score (nSPS) is 15.3. The molecule has 2 heterocycles. The summed E-state index contributed by atoms with van der Waals surface area (Å²) in [5.74, 6) is -8.35. The van der Waals surface area contributed by atoms with Crippen molar-refractivity contribution in [3.05, 3.63) is 143 Å². The predicted molar refractivity (Wildman–Crippen MR) is 428 cm³/mol. The number of benzene rings is 4. The third kappa shape index (κ3) is 29.1. The van der Waals surface area contributed by atoms with Crippen molar-refractivity contribution in [1.82, 2.24) is 67.5 Å². The van der Waals surface area contributed by atoms with E-state index in [1.165, 1.54) is 55.4 Å². The van der Waals surface area contributed by atoms with Crippen LogP contribution in [0.25, 0.3) is 10.8 Å². The van der Waals surface area contributed by atoms with E-state index in [0.29, 0.717) is 97.6 Å². The number of aliphatic imine (C=N–C) groups is 2. The van der Waals surface area contributed by atoms with Gasteiger partial charge in [0.25, 0.3) is 0 Å². The van der Waals surface area contributed by atoms with Crippen molar-refractivity contribution in [1.29, 1.82) is 0 Å². The number of fused-ring (bicyclic) bond motifs is 1. The van der Waals surface area contributed by atoms with Crippen molar-refractivity contribution in [2.45, 2.75) is 199 Å². The number of guanidine groups is 2. The number of phenols is 1. The highest BCUT2D eigenvalue weighted by atomic mass is 35.5. The number of phenolic OH excluding ortho intramolecular Hbond substituents is 1. The molecule has 0 unspecified atom stereocenters. The zero-order valence-electron chi connectivity index (χ0n) is 65.3. The van der Waals surface area contributed by atoms with Crippen molar-refractivity contribution in [3.63, 3.8) is 0 Å². The number of unbranched alkanes of at least 4 members (excludes halogenated alkanes) is 2. The highest BCUT2D eigenvalue weighted by Crippen LogP contribution is 2.23. The van der Waals surface area contributed by atoms with E-state index < -0.39 is 132 Å². The fraction of sp³-hybridized carbons (Fsp3) is 0.500. The van der Waals surface area contributed by atoms with Crippen LogP contribution in [0.2, 0.25) is 5.02 Å². The molecule has 0 saturated carbocycles. The minimum Gasteiger partial charge on any atom is -0.508 e. The molecule has 31 nitrogen and oxygen atoms in total. The molecule has 608 valence electrons. The Bertz CT molecular complexity index is 4010. The number of nitrogens with zero attached hydrogens (tertiary/aromatic N) is 6. The fourth-order valence-corrected chi connectivity index (χ4v) is 13.1. The number of carbonyl (C=O) groups excluding carboxylic acids is 11. The standard InChI is InChI=1S/C80H113ClN18O13/c1-9-97(10-2)79(83)86-38-17-15-24-60(70(104)92-62(41-49(5)6)71(105)91-61(25-16-18-39-87-80(84)98(11-3)12-4)78(112)99-40-20-26-68(99)77(111)88-50(7)69(82)103)90-73(107)64(44-53-30-35-59(102)36-31-53)95-76(110)67(48-100)96-75(109)66(46-55-21-19-37-85-47-55)94-74(108)65(43-52-28-33-58(81)34-29-52)93-72(106)63(89-51(8)101)45-54-27-32-56-22-13-14-23-57(56)42-54/h13-14,19,21-23,27-37,42,47,49-50,60-68,100,102H,9-12,15-18,20,24-26,38-41,43-46,48H2,1-8H3,(H2,82,103)(H2,83,86)(H2,84,87)(H,88,111)(H,89,101)(H,90,107)(H,91,105)(H,92,104)(H,93,106)(H,94,108)(H,95,110)(H,96,109)/t50-,60-,61+,62+,63-,64+,65-,66-,67+,68+/m1/s1. The first-order chi connectivity index (χ1) is 53.5. The lowest BCUT2D eigenvalue weighted by Crippen LogP contribution is -2.61. The van der Waals surface area contributed by atoms with E-state index in [1.807, 2.05) is 93.8 Å². The molecule has 1 aliphatic rings. The number of nitrogens with one attached hydrogen (secondary N) is 9. The monoisotopic (exact) mass is 1570 g/mol. The van der Waals surface area contributed by atoms with Crippen molar-refractivity contribution >= 4 is 99.3 Å². The number of carbonyl (C=O) groups is 11. The van der Waals surface area contributed by atoms with Gasteiger partial charge in [-0.3, -0.25) is 67.7 Å². The molecule has 1 fully saturated rings. The molecular weight excluding hydrogens is 1460 g/mol. The number of likely N-dealkylation sites (tertiary alicyclic amines) is 1. The van der Waals surface area contributed by atoms with Crippen LogP contribution in [-0.2, 0) is 78.4 Å². The maximum Gasteiger partial charge on any atom is 0.245 e. The molecule has 4 aromatic carbocycles. The largest absolute Gasteiger partial charge is 0.508 e. The minimum atomic E-state index is -1.83. The highest BCUT2D eigenvalue weighted by molar-refractivity contribution is 6.30. The number of amides is 11. The van der Waals surface area contributed by atoms with Gasteiger partial charge in [0.1, 0.15) is 66.2 Å². The molecule has 0 radical (unpaired) electrons. The summed E-state index contributed by atoms with van der Waals surface area (Å²) in [6.07, 6.45) is 4.50. The van der Waals surface area contributed by atoms with Gasteiger partial charge in [-0.15, -0.1) is 0 Å². The zero-order valence-corrected chi connectivity index (χ0v) is 66.1. The maximum atomic E-state index is 15.2. The van der Waals surface area contributed by atoms with Crippen molar-refractivity contribution < 1.29 is 63.0 Å². The van der Waals surface area contributed by atoms with Crippen molar-refractivity contribution in [2.24, 2.45) is 33.1 Å². The molecule has 112 heavy (non-hydrogen) atoms. The van der Waals surface area contributed by atoms with E-state index in [1.54, 1.807) is 36.4 Å². The van der Waals surface area contributed by atoms with Gasteiger partial charge in [-0.2, -0.15) is 0 Å². The average molecular weight is 1570 g/mol. The van der Waals surface area contributed by atoms with Gasteiger partial charge in [0.05, 0.1) is 6.61 Å². The van der Waals surface area contributed by atoms with E-state index in [2.05, 4.69) is 62.8 Å². The van der Waals surface area contributed by atoms with E-state index >= 15 is 9.59 Å². The van der Waals surface area contributed by atoms with Gasteiger partial charge in [-0.05, 0) is 162 Å². The maximum absolute atomic E-state index is 15.2. The quantitative estimate of drug-likeness (QED) is 0.0151. The smallest absolute Gasteiger partial charge is 0.245 e. The lowest BCUT2D eigenvalue weighted by molar-refractivity contribution is -0.142. The number of primary amides is 1. The second-order valence-electron chi connectivity index (χ2n) is 28.3. The van der Waals surface area contributed by atoms with Gasteiger partial charge in [0, 0.05) is 95.8 Å². The third-order valence-corrected chi connectivity index (χ3v) is 19.5. The number of hydrogen-bond acceptors (Lipinski definition) is 16. The van der Waals surface area contributed by atoms with Gasteiger partial charge >= 0.3 is 0 Å². The van der Waals surface area contributed by atoms with Gasteiger partial charge in [0.2, 0.25) is 65.0 Å². The summed E-state index contributed by atoms with van der Waals surface area (Å²) in [5, 5.41) is 48.1. The Morgan fingerprint density at radius 2 is 0.973 bits per heavy atom. The van der Waals surface area contributed by atoms with Crippen molar-refractivity contribution in [2.75, 3.05) is 52.4 Å². The van der Waals surface area contributed by atoms with E-state index in [9.17, 15) is 53.4 Å². The Morgan fingerprint density at radius 3 is 1.48 bits per heavy atom. The molecule has 0 spiro atoms. The Morgan fingerprint density at radius 1 is 0.527 bits per heavy atom. The van der Waals surface area contributed by atoms with Crippen LogP contribution in [0.15, 0.2) is 126 Å². The predicted octanol–water partition coefficient (Wildman–Crippen LogP) is 2.44. The molecule has 17 N–H and O–H groups in total. The molecule has 0 aliphatic carbocycles. The van der Waals surface area contributed by atoms with Crippen LogP contribution >= 0.6 is 11.6 Å². The molecule has 1 aromatic heterocycles. The molecule has 10 atom stereocenters. The lowest BCUT2D eigenvalue weighted by Gasteiger charge is -2.31. The van der Waals surface area contributed by atoms with Crippen LogP contribution < -0.4 is 65.1 Å². The molecular formula is C80H113ClN18O13. The number of hydrogen-bond donors (Lipinski definition) is 14. The number of aliphatic hydroxyl groups is 1. The van der Waals surface area contributed by atoms with Crippen LogP contribution in [0.4, 0.5) is 0 Å². The summed E-state index contributed by atoms with van der Waals surface area (Å²) in [6, 6.07) is 15.1. The Balaban J connectivity index is 1.29. The Hall–Kier alpha value is -11.0. The molecule has 5 aromatic rings. The van der Waals surface area contributed by atoms with E-state index in [-0.39, 0.29) is 82.5 Å². The molecule has 11 amide bonds. The van der Waals surface area contributed by atoms with Gasteiger partial charge in [0.15, 0.2) is 11.9 Å². The van der Waals surface area contributed by atoms with Gasteiger partial charge in [-0.25, -0.2) is 0 Å². The molecule has 0 bridgehead atoms. The number of aliphatic hydroxyl groups excluding tert-OH is 1. The van der Waals surface area contributed by atoms with Gasteiger partial charge < -0.3 is 90.0 Å². The number of pyridine rings is 1. The SMILES string of the molecule is CCN(CC)C(N)=NCCCC[C@H](NC(=O)[C@H](CC(C)C)NC(=O)[C@@H](CCCCN=C(N)N(CC)CC)NC(=O)[C@H](Cc1ccc(O)cc1)NC(=O)[C@H](CO)NC(=O)[C@@H](Cc1cccnc1)NC(=O)[C@@H](Cc1ccc(Cl)cc1)NC(=O)[C@@H](Cc1ccc2ccccc2c1)NC(C)=O)C(=O)N1CCC[C@H]1C(=O)N[C@H](C)C(N)=O.